The van der Waals surface area contributed by atoms with Gasteiger partial charge in [-0.25, -0.2) is 0 Å². The molecule has 1 aromatic rings. The van der Waals surface area contributed by atoms with Gasteiger partial charge in [0.25, 0.3) is 0 Å². The summed E-state index contributed by atoms with van der Waals surface area (Å²) >= 11 is 0. The lowest BCUT2D eigenvalue weighted by atomic mass is 9.96. The Hall–Kier alpha value is -0.860. The zero-order chi connectivity index (χ0) is 15.2. The van der Waals surface area contributed by atoms with Gasteiger partial charge in [0.1, 0.15) is 0 Å². The van der Waals surface area contributed by atoms with E-state index in [2.05, 4.69) is 63.8 Å². The summed E-state index contributed by atoms with van der Waals surface area (Å²) in [6.45, 7) is 13.2. The summed E-state index contributed by atoms with van der Waals surface area (Å²) in [6.07, 6.45) is 3.21. The summed E-state index contributed by atoms with van der Waals surface area (Å²) < 4.78 is 0. The van der Waals surface area contributed by atoms with Crippen molar-refractivity contribution in [2.45, 2.75) is 65.5 Å². The molecule has 0 heterocycles. The van der Waals surface area contributed by atoms with Crippen molar-refractivity contribution in [2.75, 3.05) is 13.1 Å². The van der Waals surface area contributed by atoms with Crippen molar-refractivity contribution in [3.63, 3.8) is 0 Å². The van der Waals surface area contributed by atoms with Crippen LogP contribution in [0, 0.1) is 0 Å². The van der Waals surface area contributed by atoms with Gasteiger partial charge in [0, 0.05) is 6.42 Å². The fourth-order valence-corrected chi connectivity index (χ4v) is 2.71. The van der Waals surface area contributed by atoms with Crippen LogP contribution in [0.1, 0.15) is 64.5 Å². The normalized spacial score (nSPS) is 14.8. The van der Waals surface area contributed by atoms with Gasteiger partial charge in [0.05, 0.1) is 5.66 Å². The van der Waals surface area contributed by atoms with Crippen LogP contribution in [0.2, 0.25) is 0 Å². The molecule has 2 N–H and O–H groups in total. The first-order valence-electron chi connectivity index (χ1n) is 8.03. The van der Waals surface area contributed by atoms with Crippen LogP contribution in [0.3, 0.4) is 0 Å². The molecular weight excluding hydrogens is 244 g/mol. The minimum absolute atomic E-state index is 0.259. The first-order valence-corrected chi connectivity index (χ1v) is 8.03. The Morgan fingerprint density at radius 3 is 1.95 bits per heavy atom. The lowest BCUT2D eigenvalue weighted by molar-refractivity contribution is 0.108. The van der Waals surface area contributed by atoms with E-state index in [4.69, 9.17) is 5.73 Å². The molecule has 1 unspecified atom stereocenters. The maximum absolute atomic E-state index is 6.59. The largest absolute Gasteiger partial charge is 0.313 e. The number of nitrogens with two attached hydrogens (primary N) is 1. The van der Waals surface area contributed by atoms with E-state index < -0.39 is 0 Å². The second kappa shape index (κ2) is 7.80. The number of rotatable bonds is 8. The molecule has 1 rings (SSSR count). The first kappa shape index (κ1) is 17.2. The van der Waals surface area contributed by atoms with Gasteiger partial charge in [-0.15, -0.1) is 0 Å². The van der Waals surface area contributed by atoms with Crippen molar-refractivity contribution in [3.05, 3.63) is 35.4 Å². The quantitative estimate of drug-likeness (QED) is 0.723. The molecular formula is C18H32N2. The smallest absolute Gasteiger partial charge is 0.0699 e. The van der Waals surface area contributed by atoms with Crippen molar-refractivity contribution < 1.29 is 0 Å². The van der Waals surface area contributed by atoms with Crippen LogP contribution in [0.4, 0.5) is 0 Å². The highest BCUT2D eigenvalue weighted by atomic mass is 15.3. The lowest BCUT2D eigenvalue weighted by Crippen LogP contribution is -2.55. The molecule has 2 nitrogen and oxygen atoms in total. The average Bonchev–Trinajstić information content (AvgIpc) is 2.38. The summed E-state index contributed by atoms with van der Waals surface area (Å²) in [5, 5.41) is 0. The van der Waals surface area contributed by atoms with E-state index in [1.54, 1.807) is 0 Å². The SMILES string of the molecule is CCCN(CCC)C(C)(N)Cc1ccc(C(C)C)cc1. The van der Waals surface area contributed by atoms with Crippen molar-refractivity contribution in [2.24, 2.45) is 5.73 Å². The molecule has 20 heavy (non-hydrogen) atoms. The number of hydrogen-bond donors (Lipinski definition) is 1. The van der Waals surface area contributed by atoms with Gasteiger partial charge in [0.15, 0.2) is 0 Å². The van der Waals surface area contributed by atoms with Gasteiger partial charge in [0.2, 0.25) is 0 Å². The zero-order valence-corrected chi connectivity index (χ0v) is 13.9. The Balaban J connectivity index is 2.77. The molecule has 1 aromatic carbocycles. The topological polar surface area (TPSA) is 29.3 Å². The molecule has 0 aliphatic heterocycles. The summed E-state index contributed by atoms with van der Waals surface area (Å²) in [7, 11) is 0. The predicted octanol–water partition coefficient (Wildman–Crippen LogP) is 4.15. The number of hydrogen-bond acceptors (Lipinski definition) is 2. The zero-order valence-electron chi connectivity index (χ0n) is 13.9. The Morgan fingerprint density at radius 1 is 1.05 bits per heavy atom. The summed E-state index contributed by atoms with van der Waals surface area (Å²) in [4.78, 5) is 2.42. The summed E-state index contributed by atoms with van der Waals surface area (Å²) in [5.41, 5.74) is 9.06. The van der Waals surface area contributed by atoms with Crippen molar-refractivity contribution in [1.29, 1.82) is 0 Å². The molecule has 114 valence electrons. The van der Waals surface area contributed by atoms with Crippen LogP contribution < -0.4 is 5.73 Å². The second-order valence-electron chi connectivity index (χ2n) is 6.42. The van der Waals surface area contributed by atoms with Gasteiger partial charge in [-0.1, -0.05) is 52.0 Å². The molecule has 0 radical (unpaired) electrons. The van der Waals surface area contributed by atoms with Gasteiger partial charge in [-0.3, -0.25) is 4.90 Å². The molecule has 0 spiro atoms. The van der Waals surface area contributed by atoms with E-state index in [1.807, 2.05) is 0 Å². The molecule has 0 saturated carbocycles. The Bertz CT molecular complexity index is 373. The highest BCUT2D eigenvalue weighted by Gasteiger charge is 2.26. The highest BCUT2D eigenvalue weighted by Crippen LogP contribution is 2.19. The van der Waals surface area contributed by atoms with E-state index >= 15 is 0 Å². The van der Waals surface area contributed by atoms with Crippen molar-refractivity contribution >= 4 is 0 Å². The molecule has 1 atom stereocenters. The Kier molecular flexibility index (Phi) is 6.70. The van der Waals surface area contributed by atoms with Crippen LogP contribution in [0.15, 0.2) is 24.3 Å². The molecule has 2 heteroatoms. The molecule has 0 aliphatic rings. The molecule has 0 fully saturated rings. The van der Waals surface area contributed by atoms with E-state index in [9.17, 15) is 0 Å². The van der Waals surface area contributed by atoms with Gasteiger partial charge in [-0.2, -0.15) is 0 Å². The highest BCUT2D eigenvalue weighted by molar-refractivity contribution is 5.25. The van der Waals surface area contributed by atoms with Gasteiger partial charge >= 0.3 is 0 Å². The molecule has 0 aliphatic carbocycles. The van der Waals surface area contributed by atoms with Crippen molar-refractivity contribution in [3.8, 4) is 0 Å². The monoisotopic (exact) mass is 276 g/mol. The van der Waals surface area contributed by atoms with Crippen LogP contribution >= 0.6 is 0 Å². The molecule has 0 saturated heterocycles. The standard InChI is InChI=1S/C18H32N2/c1-6-12-20(13-7-2)18(5,19)14-16-8-10-17(11-9-16)15(3)4/h8-11,15H,6-7,12-14,19H2,1-5H3. The van der Waals surface area contributed by atoms with Crippen LogP contribution in [0.25, 0.3) is 0 Å². The molecule has 0 bridgehead atoms. The van der Waals surface area contributed by atoms with Gasteiger partial charge in [-0.05, 0) is 49.9 Å². The predicted molar refractivity (Wildman–Crippen MR) is 89.0 cm³/mol. The number of benzene rings is 1. The first-order chi connectivity index (χ1) is 9.40. The Labute approximate surface area is 125 Å². The Morgan fingerprint density at radius 2 is 1.55 bits per heavy atom. The minimum atomic E-state index is -0.259. The average molecular weight is 276 g/mol. The van der Waals surface area contributed by atoms with Crippen LogP contribution in [0.5, 0.6) is 0 Å². The maximum Gasteiger partial charge on any atom is 0.0699 e. The van der Waals surface area contributed by atoms with Crippen molar-refractivity contribution in [1.82, 2.24) is 4.90 Å². The van der Waals surface area contributed by atoms with E-state index in [0.29, 0.717) is 5.92 Å². The third kappa shape index (κ3) is 4.92. The van der Waals surface area contributed by atoms with E-state index in [1.165, 1.54) is 11.1 Å². The third-order valence-corrected chi connectivity index (χ3v) is 3.92. The number of nitrogens with zero attached hydrogens (tertiary/aromatic N) is 1. The molecule has 0 amide bonds. The third-order valence-electron chi connectivity index (χ3n) is 3.92. The lowest BCUT2D eigenvalue weighted by Gasteiger charge is -2.38. The fourth-order valence-electron chi connectivity index (χ4n) is 2.71. The summed E-state index contributed by atoms with van der Waals surface area (Å²) in [6, 6.07) is 8.94. The van der Waals surface area contributed by atoms with E-state index in [0.717, 1.165) is 32.4 Å². The minimum Gasteiger partial charge on any atom is -0.313 e. The maximum atomic E-state index is 6.59. The second-order valence-corrected chi connectivity index (χ2v) is 6.42. The van der Waals surface area contributed by atoms with Crippen LogP contribution in [-0.2, 0) is 6.42 Å². The van der Waals surface area contributed by atoms with Crippen LogP contribution in [-0.4, -0.2) is 23.7 Å². The van der Waals surface area contributed by atoms with E-state index in [-0.39, 0.29) is 5.66 Å². The molecule has 0 aromatic heterocycles. The van der Waals surface area contributed by atoms with Gasteiger partial charge < -0.3 is 5.73 Å². The summed E-state index contributed by atoms with van der Waals surface area (Å²) in [5.74, 6) is 0.588. The fraction of sp³-hybridized carbons (Fsp3) is 0.667.